The van der Waals surface area contributed by atoms with Gasteiger partial charge in [0.15, 0.2) is 5.16 Å². The van der Waals surface area contributed by atoms with E-state index in [4.69, 9.17) is 0 Å². The number of aromatic nitrogens is 2. The van der Waals surface area contributed by atoms with Crippen LogP contribution in [0.15, 0.2) is 11.2 Å². The summed E-state index contributed by atoms with van der Waals surface area (Å²) in [7, 11) is 6.20. The highest BCUT2D eigenvalue weighted by atomic mass is 32.2. The fourth-order valence-corrected chi connectivity index (χ4v) is 3.32. The van der Waals surface area contributed by atoms with Crippen LogP contribution in [0, 0.1) is 6.92 Å². The Kier molecular flexibility index (Phi) is 7.92. The van der Waals surface area contributed by atoms with Crippen molar-refractivity contribution in [3.05, 3.63) is 11.8 Å². The monoisotopic (exact) mass is 366 g/mol. The number of rotatable bonds is 8. The summed E-state index contributed by atoms with van der Waals surface area (Å²) in [5.41, 5.74) is 0.942. The lowest BCUT2D eigenvalue weighted by molar-refractivity contribution is -0.118. The van der Waals surface area contributed by atoms with Gasteiger partial charge in [-0.2, -0.15) is 0 Å². The van der Waals surface area contributed by atoms with Crippen LogP contribution in [0.3, 0.4) is 0 Å². The maximum atomic E-state index is 12.0. The lowest BCUT2D eigenvalue weighted by Crippen LogP contribution is -2.44. The first-order valence-electron chi connectivity index (χ1n) is 8.77. The standard InChI is InChI=1S/C17H30N6OS/c1-14-12-15(23-10-8-22(4)9-11-23)20-17(19-14)25-13-16(24)18-6-5-7-21(2)3/h12H,5-11,13H2,1-4H3,(H,18,24). The van der Waals surface area contributed by atoms with Crippen molar-refractivity contribution in [3.8, 4) is 0 Å². The number of thioether (sulfide) groups is 1. The molecule has 0 spiro atoms. The Morgan fingerprint density at radius 1 is 1.28 bits per heavy atom. The van der Waals surface area contributed by atoms with E-state index in [1.165, 1.54) is 11.8 Å². The Morgan fingerprint density at radius 2 is 2.00 bits per heavy atom. The van der Waals surface area contributed by atoms with Crippen molar-refractivity contribution < 1.29 is 4.79 Å². The molecule has 0 radical (unpaired) electrons. The second-order valence-corrected chi connectivity index (χ2v) is 7.68. The highest BCUT2D eigenvalue weighted by molar-refractivity contribution is 7.99. The zero-order chi connectivity index (χ0) is 18.2. The molecule has 0 aliphatic carbocycles. The summed E-state index contributed by atoms with van der Waals surface area (Å²) in [5.74, 6) is 1.36. The molecular formula is C17H30N6OS. The van der Waals surface area contributed by atoms with Crippen LogP contribution >= 0.6 is 11.8 Å². The lowest BCUT2D eigenvalue weighted by Gasteiger charge is -2.33. The van der Waals surface area contributed by atoms with Gasteiger partial charge in [-0.05, 0) is 41.0 Å². The van der Waals surface area contributed by atoms with Crippen LogP contribution < -0.4 is 10.2 Å². The number of anilines is 1. The molecule has 1 aliphatic heterocycles. The first-order chi connectivity index (χ1) is 11.9. The Hall–Kier alpha value is -1.38. The Bertz CT molecular complexity index is 560. The molecule has 0 saturated carbocycles. The molecule has 1 fully saturated rings. The minimum atomic E-state index is 0.0370. The van der Waals surface area contributed by atoms with Gasteiger partial charge in [-0.3, -0.25) is 4.79 Å². The van der Waals surface area contributed by atoms with Crippen molar-refractivity contribution in [3.63, 3.8) is 0 Å². The third kappa shape index (κ3) is 7.17. The van der Waals surface area contributed by atoms with E-state index in [-0.39, 0.29) is 5.91 Å². The van der Waals surface area contributed by atoms with Crippen LogP contribution in [-0.2, 0) is 4.79 Å². The largest absolute Gasteiger partial charge is 0.355 e. The molecule has 1 N–H and O–H groups in total. The number of hydrogen-bond donors (Lipinski definition) is 1. The molecule has 7 nitrogen and oxygen atoms in total. The number of nitrogens with zero attached hydrogens (tertiary/aromatic N) is 5. The third-order valence-electron chi connectivity index (χ3n) is 4.08. The van der Waals surface area contributed by atoms with Crippen molar-refractivity contribution in [2.75, 3.05) is 71.1 Å². The molecule has 0 aromatic carbocycles. The second-order valence-electron chi connectivity index (χ2n) is 6.74. The van der Waals surface area contributed by atoms with Gasteiger partial charge in [0.25, 0.3) is 0 Å². The number of carbonyl (C=O) groups excluding carboxylic acids is 1. The van der Waals surface area contributed by atoms with Crippen molar-refractivity contribution in [1.82, 2.24) is 25.1 Å². The number of carbonyl (C=O) groups is 1. The Morgan fingerprint density at radius 3 is 2.68 bits per heavy atom. The number of likely N-dealkylation sites (N-methyl/N-ethyl adjacent to an activating group) is 1. The number of amides is 1. The first-order valence-corrected chi connectivity index (χ1v) is 9.76. The predicted octanol–water partition coefficient (Wildman–Crippen LogP) is 0.697. The SMILES string of the molecule is Cc1cc(N2CCN(C)CC2)nc(SCC(=O)NCCCN(C)C)n1. The normalized spacial score (nSPS) is 15.6. The van der Waals surface area contributed by atoms with E-state index in [1.54, 1.807) is 0 Å². The Labute approximate surface area is 155 Å². The summed E-state index contributed by atoms with van der Waals surface area (Å²) in [6.45, 7) is 7.70. The van der Waals surface area contributed by atoms with Crippen LogP contribution in [0.4, 0.5) is 5.82 Å². The van der Waals surface area contributed by atoms with Gasteiger partial charge < -0.3 is 20.0 Å². The maximum Gasteiger partial charge on any atom is 0.230 e. The summed E-state index contributed by atoms with van der Waals surface area (Å²) in [6, 6.07) is 2.02. The molecule has 0 unspecified atom stereocenters. The summed E-state index contributed by atoms with van der Waals surface area (Å²) in [6.07, 6.45) is 0.956. The van der Waals surface area contributed by atoms with Crippen molar-refractivity contribution in [2.45, 2.75) is 18.5 Å². The molecule has 1 aliphatic rings. The van der Waals surface area contributed by atoms with Crippen LogP contribution in [0.1, 0.15) is 12.1 Å². The Balaban J connectivity index is 1.82. The zero-order valence-electron chi connectivity index (χ0n) is 15.8. The average molecular weight is 367 g/mol. The summed E-state index contributed by atoms with van der Waals surface area (Å²) >= 11 is 1.40. The van der Waals surface area contributed by atoms with Gasteiger partial charge in [-0.15, -0.1) is 0 Å². The molecule has 140 valence electrons. The van der Waals surface area contributed by atoms with Crippen molar-refractivity contribution in [1.29, 1.82) is 0 Å². The van der Waals surface area contributed by atoms with Gasteiger partial charge in [0.2, 0.25) is 5.91 Å². The molecule has 2 rings (SSSR count). The second kappa shape index (κ2) is 9.94. The van der Waals surface area contributed by atoms with E-state index in [0.29, 0.717) is 17.5 Å². The molecule has 2 heterocycles. The van der Waals surface area contributed by atoms with Crippen LogP contribution in [0.25, 0.3) is 0 Å². The van der Waals surface area contributed by atoms with E-state index < -0.39 is 0 Å². The molecule has 8 heteroatoms. The van der Waals surface area contributed by atoms with Gasteiger partial charge >= 0.3 is 0 Å². The summed E-state index contributed by atoms with van der Waals surface area (Å²) in [5, 5.41) is 3.63. The molecule has 1 saturated heterocycles. The summed E-state index contributed by atoms with van der Waals surface area (Å²) in [4.78, 5) is 27.8. The fraction of sp³-hybridized carbons (Fsp3) is 0.706. The number of nitrogens with one attached hydrogen (secondary N) is 1. The van der Waals surface area contributed by atoms with Gasteiger partial charge in [0.05, 0.1) is 5.75 Å². The topological polar surface area (TPSA) is 64.6 Å². The van der Waals surface area contributed by atoms with Crippen molar-refractivity contribution >= 4 is 23.5 Å². The van der Waals surface area contributed by atoms with E-state index >= 15 is 0 Å². The molecule has 1 amide bonds. The predicted molar refractivity (Wildman–Crippen MR) is 103 cm³/mol. The molecule has 25 heavy (non-hydrogen) atoms. The zero-order valence-corrected chi connectivity index (χ0v) is 16.6. The highest BCUT2D eigenvalue weighted by Gasteiger charge is 2.17. The minimum absolute atomic E-state index is 0.0370. The quantitative estimate of drug-likeness (QED) is 0.413. The fourth-order valence-electron chi connectivity index (χ4n) is 2.59. The first kappa shape index (κ1) is 19.9. The van der Waals surface area contributed by atoms with Crippen LogP contribution in [-0.4, -0.2) is 91.8 Å². The number of aryl methyl sites for hydroxylation is 1. The minimum Gasteiger partial charge on any atom is -0.355 e. The molecular weight excluding hydrogens is 336 g/mol. The molecule has 0 bridgehead atoms. The van der Waals surface area contributed by atoms with Gasteiger partial charge in [-0.1, -0.05) is 11.8 Å². The van der Waals surface area contributed by atoms with E-state index in [1.807, 2.05) is 27.1 Å². The average Bonchev–Trinajstić information content (AvgIpc) is 2.57. The van der Waals surface area contributed by atoms with Gasteiger partial charge in [-0.25, -0.2) is 9.97 Å². The van der Waals surface area contributed by atoms with Gasteiger partial charge in [0.1, 0.15) is 5.82 Å². The number of hydrogen-bond acceptors (Lipinski definition) is 7. The van der Waals surface area contributed by atoms with Crippen LogP contribution in [0.5, 0.6) is 0 Å². The molecule has 1 aromatic rings. The lowest BCUT2D eigenvalue weighted by atomic mass is 10.3. The molecule has 0 atom stereocenters. The smallest absolute Gasteiger partial charge is 0.230 e. The van der Waals surface area contributed by atoms with E-state index in [0.717, 1.165) is 50.7 Å². The highest BCUT2D eigenvalue weighted by Crippen LogP contribution is 2.20. The van der Waals surface area contributed by atoms with Gasteiger partial charge in [0, 0.05) is 44.5 Å². The van der Waals surface area contributed by atoms with Crippen molar-refractivity contribution in [2.24, 2.45) is 0 Å². The van der Waals surface area contributed by atoms with Crippen LogP contribution in [0.2, 0.25) is 0 Å². The van der Waals surface area contributed by atoms with E-state index in [2.05, 4.69) is 37.0 Å². The summed E-state index contributed by atoms with van der Waals surface area (Å²) < 4.78 is 0. The third-order valence-corrected chi connectivity index (χ3v) is 4.93. The molecule has 1 aromatic heterocycles. The number of piperazine rings is 1. The van der Waals surface area contributed by atoms with E-state index in [9.17, 15) is 4.79 Å². The maximum absolute atomic E-state index is 12.0.